The summed E-state index contributed by atoms with van der Waals surface area (Å²) in [6.07, 6.45) is 2.37. The molecular formula is C17H29IN4O. The number of nitrogens with two attached hydrogens (primary N) is 1. The van der Waals surface area contributed by atoms with Crippen LogP contribution in [0.3, 0.4) is 0 Å². The molecule has 1 aliphatic heterocycles. The van der Waals surface area contributed by atoms with Crippen LogP contribution in [0.15, 0.2) is 29.3 Å². The fraction of sp³-hybridized carbons (Fsp3) is 0.588. The van der Waals surface area contributed by atoms with Crippen molar-refractivity contribution in [2.75, 3.05) is 45.2 Å². The van der Waals surface area contributed by atoms with E-state index in [1.54, 1.807) is 7.11 Å². The lowest BCUT2D eigenvalue weighted by atomic mass is 9.97. The minimum atomic E-state index is 0. The summed E-state index contributed by atoms with van der Waals surface area (Å²) in [5.41, 5.74) is 8.19. The Labute approximate surface area is 156 Å². The maximum absolute atomic E-state index is 5.97. The van der Waals surface area contributed by atoms with Crippen LogP contribution in [0.2, 0.25) is 0 Å². The number of likely N-dealkylation sites (tertiary alicyclic amines) is 1. The molecule has 0 unspecified atom stereocenters. The molecule has 0 aromatic heterocycles. The van der Waals surface area contributed by atoms with Crippen molar-refractivity contribution in [1.82, 2.24) is 4.90 Å². The second-order valence-electron chi connectivity index (χ2n) is 5.99. The molecule has 1 aromatic rings. The van der Waals surface area contributed by atoms with Crippen molar-refractivity contribution in [3.63, 3.8) is 0 Å². The molecule has 3 N–H and O–H groups in total. The first-order valence-electron chi connectivity index (χ1n) is 8.02. The molecule has 0 aliphatic carbocycles. The van der Waals surface area contributed by atoms with Crippen LogP contribution in [0.4, 0.5) is 5.69 Å². The summed E-state index contributed by atoms with van der Waals surface area (Å²) >= 11 is 0. The van der Waals surface area contributed by atoms with E-state index < -0.39 is 0 Å². The average molecular weight is 432 g/mol. The standard InChI is InChI=1S/C17H28N4O.HI/c1-14-3-5-16(6-4-14)20-17(18)19-13-15-7-9-21(10-8-15)11-12-22-2;/h3-6,15H,7-13H2,1-2H3,(H3,18,19,20);1H. The second-order valence-corrected chi connectivity index (χ2v) is 5.99. The fourth-order valence-corrected chi connectivity index (χ4v) is 2.66. The van der Waals surface area contributed by atoms with Crippen molar-refractivity contribution < 1.29 is 4.74 Å². The quantitative estimate of drug-likeness (QED) is 0.412. The number of aryl methyl sites for hydroxylation is 1. The molecule has 0 bridgehead atoms. The lowest BCUT2D eigenvalue weighted by Crippen LogP contribution is -2.37. The minimum absolute atomic E-state index is 0. The molecule has 5 nitrogen and oxygen atoms in total. The minimum Gasteiger partial charge on any atom is -0.383 e. The number of hydrogen-bond acceptors (Lipinski definition) is 3. The van der Waals surface area contributed by atoms with Gasteiger partial charge in [-0.3, -0.25) is 4.99 Å². The number of nitrogens with one attached hydrogen (secondary N) is 1. The number of ether oxygens (including phenoxy) is 1. The van der Waals surface area contributed by atoms with Gasteiger partial charge in [0.05, 0.1) is 6.61 Å². The van der Waals surface area contributed by atoms with Gasteiger partial charge in [0.1, 0.15) is 0 Å². The number of rotatable bonds is 6. The Balaban J connectivity index is 0.00000264. The van der Waals surface area contributed by atoms with Crippen molar-refractivity contribution in [3.8, 4) is 0 Å². The Morgan fingerprint density at radius 3 is 2.57 bits per heavy atom. The maximum Gasteiger partial charge on any atom is 0.193 e. The zero-order valence-corrected chi connectivity index (χ0v) is 16.5. The van der Waals surface area contributed by atoms with Gasteiger partial charge in [0.2, 0.25) is 0 Å². The summed E-state index contributed by atoms with van der Waals surface area (Å²) in [5.74, 6) is 1.14. The summed E-state index contributed by atoms with van der Waals surface area (Å²) in [6, 6.07) is 8.16. The van der Waals surface area contributed by atoms with Crippen LogP contribution >= 0.6 is 24.0 Å². The summed E-state index contributed by atoms with van der Waals surface area (Å²) in [4.78, 5) is 6.95. The van der Waals surface area contributed by atoms with Crippen LogP contribution in [-0.4, -0.2) is 50.8 Å². The van der Waals surface area contributed by atoms with Gasteiger partial charge in [-0.1, -0.05) is 17.7 Å². The molecule has 0 spiro atoms. The smallest absolute Gasteiger partial charge is 0.193 e. The third-order valence-corrected chi connectivity index (χ3v) is 4.16. The van der Waals surface area contributed by atoms with Crippen molar-refractivity contribution in [3.05, 3.63) is 29.8 Å². The first-order chi connectivity index (χ1) is 10.7. The molecule has 1 aromatic carbocycles. The van der Waals surface area contributed by atoms with E-state index in [-0.39, 0.29) is 24.0 Å². The largest absolute Gasteiger partial charge is 0.383 e. The average Bonchev–Trinajstić information content (AvgIpc) is 2.54. The predicted molar refractivity (Wildman–Crippen MR) is 108 cm³/mol. The van der Waals surface area contributed by atoms with E-state index in [2.05, 4.69) is 34.3 Å². The van der Waals surface area contributed by atoms with Gasteiger partial charge in [-0.05, 0) is 50.9 Å². The molecule has 0 saturated carbocycles. The van der Waals surface area contributed by atoms with Gasteiger partial charge in [0.25, 0.3) is 0 Å². The van der Waals surface area contributed by atoms with Gasteiger partial charge in [-0.15, -0.1) is 24.0 Å². The molecule has 1 fully saturated rings. The molecule has 1 aliphatic rings. The second kappa shape index (κ2) is 10.8. The lowest BCUT2D eigenvalue weighted by molar-refractivity contribution is 0.121. The summed E-state index contributed by atoms with van der Waals surface area (Å²) in [5, 5.41) is 3.15. The Morgan fingerprint density at radius 1 is 1.30 bits per heavy atom. The van der Waals surface area contributed by atoms with Crippen molar-refractivity contribution >= 4 is 35.6 Å². The molecule has 0 amide bonds. The Kier molecular flexibility index (Phi) is 9.50. The highest BCUT2D eigenvalue weighted by atomic mass is 127. The first kappa shape index (κ1) is 20.2. The SMILES string of the molecule is COCCN1CCC(CN=C(N)Nc2ccc(C)cc2)CC1.I. The molecule has 1 heterocycles. The molecule has 2 rings (SSSR count). The van der Waals surface area contributed by atoms with Crippen LogP contribution in [-0.2, 0) is 4.74 Å². The van der Waals surface area contributed by atoms with Crippen molar-refractivity contribution in [1.29, 1.82) is 0 Å². The summed E-state index contributed by atoms with van der Waals surface area (Å²) in [6.45, 7) is 6.99. The lowest BCUT2D eigenvalue weighted by Gasteiger charge is -2.30. The number of nitrogens with zero attached hydrogens (tertiary/aromatic N) is 2. The van der Waals surface area contributed by atoms with Gasteiger partial charge in [-0.2, -0.15) is 0 Å². The van der Waals surface area contributed by atoms with Crippen LogP contribution in [0.25, 0.3) is 0 Å². The van der Waals surface area contributed by atoms with Crippen LogP contribution in [0.1, 0.15) is 18.4 Å². The van der Waals surface area contributed by atoms with Crippen molar-refractivity contribution in [2.24, 2.45) is 16.6 Å². The number of anilines is 1. The fourth-order valence-electron chi connectivity index (χ4n) is 2.66. The summed E-state index contributed by atoms with van der Waals surface area (Å²) in [7, 11) is 1.76. The number of benzene rings is 1. The molecule has 130 valence electrons. The summed E-state index contributed by atoms with van der Waals surface area (Å²) < 4.78 is 5.13. The highest BCUT2D eigenvalue weighted by Crippen LogP contribution is 2.17. The van der Waals surface area contributed by atoms with E-state index in [1.165, 1.54) is 18.4 Å². The zero-order valence-electron chi connectivity index (χ0n) is 14.1. The molecule has 0 radical (unpaired) electrons. The van der Waals surface area contributed by atoms with Gasteiger partial charge in [0.15, 0.2) is 5.96 Å². The first-order valence-corrected chi connectivity index (χ1v) is 8.02. The normalized spacial score (nSPS) is 16.9. The number of halogens is 1. The molecule has 0 atom stereocenters. The highest BCUT2D eigenvalue weighted by molar-refractivity contribution is 14.0. The van der Waals surface area contributed by atoms with Gasteiger partial charge < -0.3 is 20.7 Å². The molecule has 6 heteroatoms. The van der Waals surface area contributed by atoms with E-state index in [0.717, 1.165) is 38.5 Å². The zero-order chi connectivity index (χ0) is 15.8. The van der Waals surface area contributed by atoms with Gasteiger partial charge in [0, 0.05) is 25.9 Å². The van der Waals surface area contributed by atoms with E-state index in [0.29, 0.717) is 11.9 Å². The molecule has 23 heavy (non-hydrogen) atoms. The van der Waals surface area contributed by atoms with Crippen LogP contribution in [0, 0.1) is 12.8 Å². The molecular weight excluding hydrogens is 403 g/mol. The van der Waals surface area contributed by atoms with Crippen LogP contribution in [0.5, 0.6) is 0 Å². The highest BCUT2D eigenvalue weighted by Gasteiger charge is 2.18. The number of guanidine groups is 1. The van der Waals surface area contributed by atoms with E-state index in [9.17, 15) is 0 Å². The Bertz CT molecular complexity index is 470. The number of methoxy groups -OCH3 is 1. The van der Waals surface area contributed by atoms with Crippen molar-refractivity contribution in [2.45, 2.75) is 19.8 Å². The topological polar surface area (TPSA) is 62.9 Å². The van der Waals surface area contributed by atoms with Gasteiger partial charge >= 0.3 is 0 Å². The number of piperidine rings is 1. The van der Waals surface area contributed by atoms with E-state index in [1.807, 2.05) is 12.1 Å². The maximum atomic E-state index is 5.97. The van der Waals surface area contributed by atoms with Gasteiger partial charge in [-0.25, -0.2) is 0 Å². The number of aliphatic imine (C=N–C) groups is 1. The third-order valence-electron chi connectivity index (χ3n) is 4.16. The Hall–Kier alpha value is -0.860. The number of hydrogen-bond donors (Lipinski definition) is 2. The predicted octanol–water partition coefficient (Wildman–Crippen LogP) is 2.70. The van der Waals surface area contributed by atoms with E-state index >= 15 is 0 Å². The third kappa shape index (κ3) is 7.50. The Morgan fingerprint density at radius 2 is 1.96 bits per heavy atom. The monoisotopic (exact) mass is 432 g/mol. The molecule has 1 saturated heterocycles. The van der Waals surface area contributed by atoms with E-state index in [4.69, 9.17) is 10.5 Å². The van der Waals surface area contributed by atoms with Crippen LogP contribution < -0.4 is 11.1 Å².